The largest absolute Gasteiger partial charge is 0.481 e. The number of ether oxygens (including phenoxy) is 3. The van der Waals surface area contributed by atoms with Gasteiger partial charge in [-0.05, 0) is 23.3 Å². The fraction of sp³-hybridized carbons (Fsp3) is 0.308. The van der Waals surface area contributed by atoms with Crippen LogP contribution in [0.25, 0.3) is 0 Å². The number of aliphatic hydroxyl groups is 2. The van der Waals surface area contributed by atoms with Crippen LogP contribution in [0.1, 0.15) is 22.6 Å². The van der Waals surface area contributed by atoms with Crippen LogP contribution in [0.5, 0.6) is 17.5 Å². The summed E-state index contributed by atoms with van der Waals surface area (Å²) in [5, 5.41) is 24.5. The number of hydrogen-bond donors (Lipinski definition) is 3. The number of carbonyl (C=O) groups excluding carboxylic acids is 1. The average molecular weight is 557 g/mol. The summed E-state index contributed by atoms with van der Waals surface area (Å²) in [5.41, 5.74) is -0.0936. The maximum atomic E-state index is 13.4. The van der Waals surface area contributed by atoms with Gasteiger partial charge >= 0.3 is 0 Å². The lowest BCUT2D eigenvalue weighted by Gasteiger charge is -2.40. The predicted octanol–water partition coefficient (Wildman–Crippen LogP) is 2.79. The summed E-state index contributed by atoms with van der Waals surface area (Å²) < 4.78 is 18.3. The molecule has 0 bridgehead atoms. The van der Waals surface area contributed by atoms with E-state index in [0.29, 0.717) is 11.1 Å². The molecule has 0 radical (unpaired) electrons. The van der Waals surface area contributed by atoms with Gasteiger partial charge in [-0.1, -0.05) is 58.4 Å². The molecule has 5 atom stereocenters. The number of nitrogens with zero attached hydrogens (tertiary/aromatic N) is 1. The van der Waals surface area contributed by atoms with E-state index in [1.165, 1.54) is 27.4 Å². The van der Waals surface area contributed by atoms with Crippen LogP contribution < -0.4 is 19.7 Å². The summed E-state index contributed by atoms with van der Waals surface area (Å²) in [6.45, 7) is 0. The van der Waals surface area contributed by atoms with E-state index in [4.69, 9.17) is 19.0 Å². The molecule has 5 unspecified atom stereocenters. The van der Waals surface area contributed by atoms with Crippen molar-refractivity contribution in [2.75, 3.05) is 21.3 Å². The van der Waals surface area contributed by atoms with Gasteiger partial charge in [0.1, 0.15) is 11.9 Å². The summed E-state index contributed by atoms with van der Waals surface area (Å²) in [7, 11) is 4.16. The van der Waals surface area contributed by atoms with Crippen molar-refractivity contribution in [3.63, 3.8) is 0 Å². The van der Waals surface area contributed by atoms with Gasteiger partial charge in [0.25, 0.3) is 0 Å². The Labute approximate surface area is 216 Å². The number of nitrogens with one attached hydrogen (secondary N) is 1. The normalized spacial score (nSPS) is 28.1. The first-order valence-corrected chi connectivity index (χ1v) is 12.0. The van der Waals surface area contributed by atoms with Crippen LogP contribution in [0.4, 0.5) is 0 Å². The van der Waals surface area contributed by atoms with Gasteiger partial charge in [-0.2, -0.15) is 4.98 Å². The van der Waals surface area contributed by atoms with E-state index in [1.807, 2.05) is 42.5 Å². The number of hydroxylamine groups is 1. The van der Waals surface area contributed by atoms with Crippen molar-refractivity contribution in [2.24, 2.45) is 5.92 Å². The van der Waals surface area contributed by atoms with Gasteiger partial charge in [0, 0.05) is 16.5 Å². The van der Waals surface area contributed by atoms with Gasteiger partial charge < -0.3 is 24.4 Å². The van der Waals surface area contributed by atoms with E-state index in [2.05, 4.69) is 26.4 Å². The second-order valence-electron chi connectivity index (χ2n) is 8.69. The highest BCUT2D eigenvalue weighted by atomic mass is 79.9. The molecule has 1 saturated carbocycles. The van der Waals surface area contributed by atoms with Gasteiger partial charge in [0.15, 0.2) is 11.2 Å². The van der Waals surface area contributed by atoms with Crippen LogP contribution >= 0.6 is 15.9 Å². The predicted molar refractivity (Wildman–Crippen MR) is 132 cm³/mol. The molecule has 2 heterocycles. The monoisotopic (exact) mass is 556 g/mol. The Balaban J connectivity index is 1.88. The van der Waals surface area contributed by atoms with Crippen molar-refractivity contribution in [2.45, 2.75) is 23.2 Å². The van der Waals surface area contributed by atoms with Crippen molar-refractivity contribution < 1.29 is 34.1 Å². The molecule has 0 saturated heterocycles. The number of halogens is 1. The van der Waals surface area contributed by atoms with Crippen LogP contribution in [0.2, 0.25) is 0 Å². The Bertz CT molecular complexity index is 1290. The summed E-state index contributed by atoms with van der Waals surface area (Å²) in [4.78, 5) is 22.6. The molecule has 3 aromatic rings. The van der Waals surface area contributed by atoms with E-state index in [9.17, 15) is 15.0 Å². The van der Waals surface area contributed by atoms with Gasteiger partial charge in [0.05, 0.1) is 32.8 Å². The lowest BCUT2D eigenvalue weighted by Crippen LogP contribution is -2.52. The van der Waals surface area contributed by atoms with Gasteiger partial charge in [-0.3, -0.25) is 9.63 Å². The summed E-state index contributed by atoms with van der Waals surface area (Å²) in [6.07, 6.45) is -1.63. The Morgan fingerprint density at radius 2 is 1.78 bits per heavy atom. The number of aromatic nitrogens is 1. The summed E-state index contributed by atoms with van der Waals surface area (Å²) in [5.74, 6) is -2.17. The third-order valence-corrected chi connectivity index (χ3v) is 7.58. The van der Waals surface area contributed by atoms with Crippen molar-refractivity contribution >= 4 is 21.8 Å². The van der Waals surface area contributed by atoms with Crippen LogP contribution in [0.15, 0.2) is 65.1 Å². The molecule has 36 heavy (non-hydrogen) atoms. The molecule has 2 aliphatic rings. The number of aliphatic hydroxyl groups excluding tert-OH is 1. The highest BCUT2D eigenvalue weighted by Crippen LogP contribution is 2.69. The molecule has 10 heteroatoms. The van der Waals surface area contributed by atoms with E-state index < -0.39 is 35.0 Å². The molecular weight excluding hydrogens is 532 g/mol. The number of rotatable bonds is 6. The first kappa shape index (κ1) is 24.5. The highest BCUT2D eigenvalue weighted by Gasteiger charge is 2.78. The third-order valence-electron chi connectivity index (χ3n) is 7.05. The van der Waals surface area contributed by atoms with Crippen molar-refractivity contribution in [1.29, 1.82) is 0 Å². The lowest BCUT2D eigenvalue weighted by molar-refractivity contribution is -0.157. The minimum atomic E-state index is -2.14. The van der Waals surface area contributed by atoms with E-state index in [1.54, 1.807) is 12.1 Å². The lowest BCUT2D eigenvalue weighted by atomic mass is 9.71. The molecule has 5 rings (SSSR count). The molecule has 1 aromatic heterocycles. The number of carbonyl (C=O) groups is 1. The van der Waals surface area contributed by atoms with E-state index >= 15 is 0 Å². The SMILES string of the molecule is CONC(=O)C1C(O)C2(O)c3c(cc(OC)nc3OC)OC2(c2ccc(Br)cc2)C1c1ccccc1. The topological polar surface area (TPSA) is 119 Å². The Morgan fingerprint density at radius 1 is 1.08 bits per heavy atom. The molecule has 1 fully saturated rings. The highest BCUT2D eigenvalue weighted by molar-refractivity contribution is 9.10. The molecule has 9 nitrogen and oxygen atoms in total. The van der Waals surface area contributed by atoms with Crippen molar-refractivity contribution in [3.8, 4) is 17.5 Å². The maximum absolute atomic E-state index is 13.4. The molecule has 1 aliphatic heterocycles. The summed E-state index contributed by atoms with van der Waals surface area (Å²) in [6, 6.07) is 17.9. The number of amides is 1. The number of methoxy groups -OCH3 is 2. The molecule has 1 aliphatic carbocycles. The van der Waals surface area contributed by atoms with Crippen LogP contribution in [0.3, 0.4) is 0 Å². The summed E-state index contributed by atoms with van der Waals surface area (Å²) >= 11 is 3.46. The smallest absolute Gasteiger partial charge is 0.250 e. The van der Waals surface area contributed by atoms with Gasteiger partial charge in [0.2, 0.25) is 17.7 Å². The Kier molecular flexibility index (Phi) is 6.16. The second kappa shape index (κ2) is 9.04. The van der Waals surface area contributed by atoms with Gasteiger partial charge in [-0.15, -0.1) is 0 Å². The molecule has 188 valence electrons. The number of pyridine rings is 1. The Morgan fingerprint density at radius 3 is 2.39 bits per heavy atom. The molecule has 2 aromatic carbocycles. The average Bonchev–Trinajstić information content (AvgIpc) is 3.27. The van der Waals surface area contributed by atoms with Crippen molar-refractivity contribution in [3.05, 3.63) is 81.8 Å². The van der Waals surface area contributed by atoms with Crippen molar-refractivity contribution in [1.82, 2.24) is 10.5 Å². The quantitative estimate of drug-likeness (QED) is 0.396. The zero-order chi connectivity index (χ0) is 25.7. The third kappa shape index (κ3) is 3.25. The number of fused-ring (bicyclic) bond motifs is 3. The van der Waals surface area contributed by atoms with Gasteiger partial charge in [-0.25, -0.2) is 5.48 Å². The minimum absolute atomic E-state index is 0.0181. The van der Waals surface area contributed by atoms with E-state index in [-0.39, 0.29) is 23.1 Å². The second-order valence-corrected chi connectivity index (χ2v) is 9.60. The maximum Gasteiger partial charge on any atom is 0.250 e. The first-order chi connectivity index (χ1) is 17.3. The van der Waals surface area contributed by atoms with Crippen LogP contribution in [-0.4, -0.2) is 48.5 Å². The number of benzene rings is 2. The molecule has 1 amide bonds. The standard InChI is InChI=1S/C26H25BrN2O7/c1-33-18-13-17-21(24(28-18)34-2)25(32)22(30)19(23(31)29-35-3)20(14-7-5-4-6-8-14)26(25,36-17)15-9-11-16(27)12-10-15/h4-13,19-20,22,30,32H,1-3H3,(H,29,31). The van der Waals surface area contributed by atoms with E-state index in [0.717, 1.165) is 4.47 Å². The van der Waals surface area contributed by atoms with Crippen LogP contribution in [-0.2, 0) is 20.8 Å². The Hall–Kier alpha value is -3.18. The molecule has 0 spiro atoms. The zero-order valence-electron chi connectivity index (χ0n) is 19.8. The number of hydrogen-bond acceptors (Lipinski definition) is 8. The minimum Gasteiger partial charge on any atom is -0.481 e. The van der Waals surface area contributed by atoms with Crippen LogP contribution in [0, 0.1) is 5.92 Å². The molecular formula is C26H25BrN2O7. The molecule has 3 N–H and O–H groups in total. The first-order valence-electron chi connectivity index (χ1n) is 11.2. The zero-order valence-corrected chi connectivity index (χ0v) is 21.4. The fourth-order valence-electron chi connectivity index (χ4n) is 5.68. The fourth-order valence-corrected chi connectivity index (χ4v) is 5.95.